The van der Waals surface area contributed by atoms with Gasteiger partial charge in [0.25, 0.3) is 5.26 Å². The molecule has 2 nitrogen and oxygen atoms in total. The van der Waals surface area contributed by atoms with E-state index in [0.717, 1.165) is 11.3 Å². The lowest BCUT2D eigenvalue weighted by molar-refractivity contribution is 0.476. The van der Waals surface area contributed by atoms with Crippen molar-refractivity contribution < 1.29 is 9.50 Å². The van der Waals surface area contributed by atoms with Crippen molar-refractivity contribution in [1.29, 1.82) is 0 Å². The second kappa shape index (κ2) is 2.17. The van der Waals surface area contributed by atoms with Gasteiger partial charge in [-0.25, -0.2) is 4.98 Å². The van der Waals surface area contributed by atoms with Gasteiger partial charge in [0.05, 0.1) is 10.2 Å². The van der Waals surface area contributed by atoms with E-state index in [1.807, 2.05) is 0 Å². The molecule has 1 heterocycles. The van der Waals surface area contributed by atoms with E-state index in [1.54, 1.807) is 6.07 Å². The fraction of sp³-hybridized carbons (Fsp3) is 0. The summed E-state index contributed by atoms with van der Waals surface area (Å²) in [6, 6.07) is 4.57. The summed E-state index contributed by atoms with van der Waals surface area (Å²) in [5.41, 5.74) is 0.588. The summed E-state index contributed by atoms with van der Waals surface area (Å²) in [5, 5.41) is 8.53. The molecule has 1 N–H and O–H groups in total. The molecular formula is C7H4FNOS. The Kier molecular flexibility index (Phi) is 1.29. The van der Waals surface area contributed by atoms with Crippen molar-refractivity contribution in [3.8, 4) is 5.75 Å². The Morgan fingerprint density at radius 1 is 1.45 bits per heavy atom. The zero-order chi connectivity index (χ0) is 7.84. The quantitative estimate of drug-likeness (QED) is 0.655. The molecule has 2 rings (SSSR count). The van der Waals surface area contributed by atoms with Crippen molar-refractivity contribution in [1.82, 2.24) is 4.98 Å². The average molecular weight is 169 g/mol. The molecule has 0 amide bonds. The number of hydrogen-bond donors (Lipinski definition) is 1. The maximum atomic E-state index is 12.5. The number of fused-ring (bicyclic) bond motifs is 1. The van der Waals surface area contributed by atoms with Crippen LogP contribution in [-0.2, 0) is 0 Å². The summed E-state index contributed by atoms with van der Waals surface area (Å²) in [6.07, 6.45) is 0. The van der Waals surface area contributed by atoms with E-state index >= 15 is 0 Å². The molecule has 2 aromatic rings. The highest BCUT2D eigenvalue weighted by atomic mass is 32.1. The number of phenolic OH excluding ortho intramolecular Hbond substituents is 1. The van der Waals surface area contributed by atoms with Crippen LogP contribution in [0.25, 0.3) is 10.2 Å². The summed E-state index contributed by atoms with van der Waals surface area (Å²) in [5.74, 6) is 0.140. The van der Waals surface area contributed by atoms with Crippen LogP contribution < -0.4 is 0 Å². The molecule has 0 unspecified atom stereocenters. The molecule has 0 spiro atoms. The van der Waals surface area contributed by atoms with E-state index in [9.17, 15) is 4.39 Å². The lowest BCUT2D eigenvalue weighted by Crippen LogP contribution is -1.67. The van der Waals surface area contributed by atoms with Gasteiger partial charge in [0.1, 0.15) is 5.75 Å². The second-order valence-corrected chi connectivity index (χ2v) is 3.10. The van der Waals surface area contributed by atoms with Gasteiger partial charge in [0.2, 0.25) is 0 Å². The van der Waals surface area contributed by atoms with Crippen molar-refractivity contribution in [3.63, 3.8) is 0 Å². The topological polar surface area (TPSA) is 33.1 Å². The Labute approximate surface area is 65.9 Å². The Bertz CT molecular complexity index is 398. The number of benzene rings is 1. The summed E-state index contributed by atoms with van der Waals surface area (Å²) < 4.78 is 13.1. The van der Waals surface area contributed by atoms with Crippen LogP contribution in [0.15, 0.2) is 18.2 Å². The number of rotatable bonds is 0. The normalized spacial score (nSPS) is 10.6. The number of phenols is 1. The van der Waals surface area contributed by atoms with Gasteiger partial charge in [-0.2, -0.15) is 4.39 Å². The Hall–Kier alpha value is -1.16. The van der Waals surface area contributed by atoms with Crippen LogP contribution in [-0.4, -0.2) is 10.1 Å². The average Bonchev–Trinajstić information content (AvgIpc) is 2.27. The lowest BCUT2D eigenvalue weighted by Gasteiger charge is -1.87. The molecule has 0 aliphatic heterocycles. The third-order valence-corrected chi connectivity index (χ3v) is 2.15. The zero-order valence-electron chi connectivity index (χ0n) is 5.41. The van der Waals surface area contributed by atoms with Crippen molar-refractivity contribution in [3.05, 3.63) is 23.5 Å². The number of nitrogens with zero attached hydrogens (tertiary/aromatic N) is 1. The maximum absolute atomic E-state index is 12.5. The highest BCUT2D eigenvalue weighted by molar-refractivity contribution is 7.17. The van der Waals surface area contributed by atoms with Crippen LogP contribution >= 0.6 is 11.3 Å². The molecule has 0 aliphatic rings. The first kappa shape index (κ1) is 6.54. The number of halogens is 1. The van der Waals surface area contributed by atoms with Crippen molar-refractivity contribution in [2.45, 2.75) is 0 Å². The minimum atomic E-state index is -0.467. The molecule has 1 aromatic carbocycles. The van der Waals surface area contributed by atoms with Gasteiger partial charge >= 0.3 is 0 Å². The van der Waals surface area contributed by atoms with Gasteiger partial charge in [0, 0.05) is 0 Å². The maximum Gasteiger partial charge on any atom is 0.270 e. The van der Waals surface area contributed by atoms with Gasteiger partial charge in [0.15, 0.2) is 0 Å². The molecule has 1 aromatic heterocycles. The minimum absolute atomic E-state index is 0.140. The predicted octanol–water partition coefficient (Wildman–Crippen LogP) is 2.14. The molecule has 11 heavy (non-hydrogen) atoms. The van der Waals surface area contributed by atoms with Crippen molar-refractivity contribution >= 4 is 21.6 Å². The van der Waals surface area contributed by atoms with Crippen LogP contribution in [0.2, 0.25) is 0 Å². The lowest BCUT2D eigenvalue weighted by atomic mass is 10.3. The van der Waals surface area contributed by atoms with E-state index in [0.29, 0.717) is 10.2 Å². The Balaban J connectivity index is 2.82. The largest absolute Gasteiger partial charge is 0.508 e. The first-order chi connectivity index (χ1) is 5.25. The first-order valence-corrected chi connectivity index (χ1v) is 3.82. The van der Waals surface area contributed by atoms with Crippen LogP contribution in [0, 0.1) is 5.26 Å². The predicted molar refractivity (Wildman–Crippen MR) is 41.2 cm³/mol. The number of hydrogen-bond acceptors (Lipinski definition) is 3. The summed E-state index contributed by atoms with van der Waals surface area (Å²) >= 11 is 0.929. The van der Waals surface area contributed by atoms with Gasteiger partial charge in [-0.15, -0.1) is 0 Å². The van der Waals surface area contributed by atoms with Crippen molar-refractivity contribution in [2.75, 3.05) is 0 Å². The van der Waals surface area contributed by atoms with E-state index in [4.69, 9.17) is 5.11 Å². The summed E-state index contributed by atoms with van der Waals surface area (Å²) in [4.78, 5) is 3.60. The van der Waals surface area contributed by atoms with E-state index in [1.165, 1.54) is 12.1 Å². The molecule has 0 atom stereocenters. The summed E-state index contributed by atoms with van der Waals surface area (Å²) in [7, 11) is 0. The summed E-state index contributed by atoms with van der Waals surface area (Å²) in [6.45, 7) is 0. The fourth-order valence-electron chi connectivity index (χ4n) is 0.885. The van der Waals surface area contributed by atoms with Crippen LogP contribution in [0.4, 0.5) is 4.39 Å². The van der Waals surface area contributed by atoms with Gasteiger partial charge in [-0.1, -0.05) is 11.3 Å². The van der Waals surface area contributed by atoms with Gasteiger partial charge in [-0.3, -0.25) is 0 Å². The standard InChI is InChI=1S/C7H4FNOS/c8-7-9-5-2-1-4(10)3-6(5)11-7/h1-3,10H. The fourth-order valence-corrected chi connectivity index (χ4v) is 1.61. The Morgan fingerprint density at radius 2 is 2.27 bits per heavy atom. The number of thiazole rings is 1. The number of aromatic nitrogens is 1. The van der Waals surface area contributed by atoms with Crippen molar-refractivity contribution in [2.24, 2.45) is 0 Å². The molecular weight excluding hydrogens is 165 g/mol. The molecule has 0 radical (unpaired) electrons. The number of aromatic hydroxyl groups is 1. The molecule has 56 valence electrons. The highest BCUT2D eigenvalue weighted by Gasteiger charge is 2.01. The highest BCUT2D eigenvalue weighted by Crippen LogP contribution is 2.24. The monoisotopic (exact) mass is 169 g/mol. The third kappa shape index (κ3) is 1.05. The van der Waals surface area contributed by atoms with E-state index in [-0.39, 0.29) is 5.75 Å². The van der Waals surface area contributed by atoms with E-state index in [2.05, 4.69) is 4.98 Å². The molecule has 0 aliphatic carbocycles. The zero-order valence-corrected chi connectivity index (χ0v) is 6.23. The SMILES string of the molecule is Oc1ccc2nc(F)sc2c1. The molecule has 4 heteroatoms. The molecule has 0 saturated carbocycles. The van der Waals surface area contributed by atoms with Crippen LogP contribution in [0.3, 0.4) is 0 Å². The molecule has 0 bridgehead atoms. The first-order valence-electron chi connectivity index (χ1n) is 3.01. The van der Waals surface area contributed by atoms with Crippen LogP contribution in [0.5, 0.6) is 5.75 Å². The smallest absolute Gasteiger partial charge is 0.270 e. The molecule has 0 fully saturated rings. The molecule has 0 saturated heterocycles. The Morgan fingerprint density at radius 3 is 3.09 bits per heavy atom. The third-order valence-electron chi connectivity index (χ3n) is 1.35. The second-order valence-electron chi connectivity index (χ2n) is 2.12. The van der Waals surface area contributed by atoms with Crippen LogP contribution in [0.1, 0.15) is 0 Å². The van der Waals surface area contributed by atoms with Gasteiger partial charge in [-0.05, 0) is 18.2 Å². The van der Waals surface area contributed by atoms with Gasteiger partial charge < -0.3 is 5.11 Å². The minimum Gasteiger partial charge on any atom is -0.508 e. The van der Waals surface area contributed by atoms with E-state index < -0.39 is 5.26 Å².